The van der Waals surface area contributed by atoms with Crippen LogP contribution < -0.4 is 0 Å². The second-order valence-corrected chi connectivity index (χ2v) is 7.29. The molecule has 0 spiro atoms. The van der Waals surface area contributed by atoms with E-state index in [1.807, 2.05) is 0 Å². The minimum absolute atomic E-state index is 0.0440. The van der Waals surface area contributed by atoms with Crippen molar-refractivity contribution in [3.05, 3.63) is 28.7 Å². The summed E-state index contributed by atoms with van der Waals surface area (Å²) >= 11 is 3.21. The molecule has 0 amide bonds. The Hall–Kier alpha value is -0.960. The van der Waals surface area contributed by atoms with Crippen molar-refractivity contribution in [2.75, 3.05) is 13.7 Å². The van der Waals surface area contributed by atoms with Crippen LogP contribution in [0.25, 0.3) is 0 Å². The maximum absolute atomic E-state index is 12.5. The highest BCUT2D eigenvalue weighted by Crippen LogP contribution is 2.28. The van der Waals surface area contributed by atoms with E-state index in [9.17, 15) is 18.3 Å². The Labute approximate surface area is 125 Å². The fraction of sp³-hybridized carbons (Fsp3) is 0.417. The van der Waals surface area contributed by atoms with Crippen molar-refractivity contribution in [3.63, 3.8) is 0 Å². The summed E-state index contributed by atoms with van der Waals surface area (Å²) in [7, 11) is -2.41. The van der Waals surface area contributed by atoms with Crippen LogP contribution in [-0.4, -0.2) is 49.6 Å². The highest BCUT2D eigenvalue weighted by Gasteiger charge is 2.44. The summed E-state index contributed by atoms with van der Waals surface area (Å²) in [6.45, 7) is 0.0440. The number of sulfonamides is 1. The lowest BCUT2D eigenvalue weighted by atomic mass is 10.2. The molecule has 1 N–H and O–H groups in total. The van der Waals surface area contributed by atoms with Gasteiger partial charge in [-0.05, 0) is 18.2 Å². The van der Waals surface area contributed by atoms with E-state index in [4.69, 9.17) is 4.74 Å². The van der Waals surface area contributed by atoms with E-state index in [1.54, 1.807) is 12.1 Å². The molecule has 2 atom stereocenters. The quantitative estimate of drug-likeness (QED) is 0.871. The SMILES string of the molecule is COC1CC(C(=O)O)N(S(=O)(=O)c2cccc(Br)c2)C1. The maximum Gasteiger partial charge on any atom is 0.322 e. The van der Waals surface area contributed by atoms with E-state index in [0.717, 1.165) is 4.31 Å². The number of aliphatic carboxylic acids is 1. The van der Waals surface area contributed by atoms with Crippen molar-refractivity contribution in [2.24, 2.45) is 0 Å². The molecule has 1 aromatic carbocycles. The first-order chi connectivity index (χ1) is 9.36. The predicted molar refractivity (Wildman–Crippen MR) is 74.9 cm³/mol. The van der Waals surface area contributed by atoms with Crippen LogP contribution in [0.5, 0.6) is 0 Å². The van der Waals surface area contributed by atoms with E-state index >= 15 is 0 Å². The normalized spacial score (nSPS) is 23.9. The molecule has 0 aliphatic carbocycles. The molecule has 2 rings (SSSR count). The first-order valence-electron chi connectivity index (χ1n) is 5.89. The zero-order chi connectivity index (χ0) is 14.9. The average Bonchev–Trinajstić information content (AvgIpc) is 2.83. The number of ether oxygens (including phenoxy) is 1. The summed E-state index contributed by atoms with van der Waals surface area (Å²) in [5.41, 5.74) is 0. The van der Waals surface area contributed by atoms with E-state index in [1.165, 1.54) is 19.2 Å². The number of carboxylic acids is 1. The van der Waals surface area contributed by atoms with Gasteiger partial charge in [0, 0.05) is 24.5 Å². The van der Waals surface area contributed by atoms with Gasteiger partial charge in [0.1, 0.15) is 6.04 Å². The average molecular weight is 364 g/mol. The molecule has 6 nitrogen and oxygen atoms in total. The summed E-state index contributed by atoms with van der Waals surface area (Å²) in [5, 5.41) is 9.19. The number of benzene rings is 1. The number of nitrogens with zero attached hydrogens (tertiary/aromatic N) is 1. The number of methoxy groups -OCH3 is 1. The molecule has 0 radical (unpaired) electrons. The number of carboxylic acid groups (broad SMARTS) is 1. The fourth-order valence-corrected chi connectivity index (χ4v) is 4.41. The van der Waals surface area contributed by atoms with Crippen LogP contribution in [0.3, 0.4) is 0 Å². The molecular weight excluding hydrogens is 350 g/mol. The molecule has 1 fully saturated rings. The highest BCUT2D eigenvalue weighted by atomic mass is 79.9. The zero-order valence-corrected chi connectivity index (χ0v) is 13.1. The van der Waals surface area contributed by atoms with Gasteiger partial charge in [0.2, 0.25) is 10.0 Å². The monoisotopic (exact) mass is 363 g/mol. The third-order valence-electron chi connectivity index (χ3n) is 3.24. The molecule has 1 heterocycles. The Morgan fingerprint density at radius 1 is 1.50 bits per heavy atom. The van der Waals surface area contributed by atoms with E-state index in [0.29, 0.717) is 4.47 Å². The number of rotatable bonds is 4. The highest BCUT2D eigenvalue weighted by molar-refractivity contribution is 9.10. The molecule has 20 heavy (non-hydrogen) atoms. The first-order valence-corrected chi connectivity index (χ1v) is 8.12. The van der Waals surface area contributed by atoms with Gasteiger partial charge in [-0.15, -0.1) is 0 Å². The third kappa shape index (κ3) is 2.88. The van der Waals surface area contributed by atoms with Gasteiger partial charge in [-0.3, -0.25) is 4.79 Å². The molecule has 0 aromatic heterocycles. The van der Waals surface area contributed by atoms with Gasteiger partial charge in [-0.2, -0.15) is 4.31 Å². The molecule has 0 bridgehead atoms. The van der Waals surface area contributed by atoms with Crippen molar-refractivity contribution in [3.8, 4) is 0 Å². The Bertz CT molecular complexity index is 618. The Kier molecular flexibility index (Phi) is 4.48. The summed E-state index contributed by atoms with van der Waals surface area (Å²) in [5.74, 6) is -1.16. The zero-order valence-electron chi connectivity index (χ0n) is 10.7. The van der Waals surface area contributed by atoms with Crippen LogP contribution in [0.15, 0.2) is 33.6 Å². The lowest BCUT2D eigenvalue weighted by Crippen LogP contribution is -2.40. The molecule has 1 aromatic rings. The van der Waals surface area contributed by atoms with Crippen molar-refractivity contribution < 1.29 is 23.1 Å². The Morgan fingerprint density at radius 3 is 2.75 bits per heavy atom. The maximum atomic E-state index is 12.5. The second kappa shape index (κ2) is 5.80. The molecule has 2 unspecified atom stereocenters. The van der Waals surface area contributed by atoms with Crippen LogP contribution >= 0.6 is 15.9 Å². The minimum Gasteiger partial charge on any atom is -0.480 e. The standard InChI is InChI=1S/C12H14BrNO5S/c1-19-9-6-11(12(15)16)14(7-9)20(17,18)10-4-2-3-8(13)5-10/h2-5,9,11H,6-7H2,1H3,(H,15,16). The van der Waals surface area contributed by atoms with Crippen molar-refractivity contribution >= 4 is 31.9 Å². The molecule has 110 valence electrons. The third-order valence-corrected chi connectivity index (χ3v) is 5.60. The van der Waals surface area contributed by atoms with Gasteiger partial charge in [-0.1, -0.05) is 22.0 Å². The summed E-state index contributed by atoms with van der Waals surface area (Å²) in [6, 6.07) is 5.10. The van der Waals surface area contributed by atoms with Crippen LogP contribution in [0.4, 0.5) is 0 Å². The van der Waals surface area contributed by atoms with Crippen LogP contribution in [0.2, 0.25) is 0 Å². The van der Waals surface area contributed by atoms with Crippen molar-refractivity contribution in [1.82, 2.24) is 4.31 Å². The Balaban J connectivity index is 2.39. The van der Waals surface area contributed by atoms with E-state index in [2.05, 4.69) is 15.9 Å². The van der Waals surface area contributed by atoms with Gasteiger partial charge in [0.05, 0.1) is 11.0 Å². The molecule has 8 heteroatoms. The smallest absolute Gasteiger partial charge is 0.322 e. The summed E-state index contributed by atoms with van der Waals surface area (Å²) < 4.78 is 31.8. The predicted octanol–water partition coefficient (Wildman–Crippen LogP) is 1.31. The molecule has 1 aliphatic heterocycles. The van der Waals surface area contributed by atoms with Gasteiger partial charge in [0.25, 0.3) is 0 Å². The molecular formula is C12H14BrNO5S. The minimum atomic E-state index is -3.86. The number of carbonyl (C=O) groups is 1. The van der Waals surface area contributed by atoms with Gasteiger partial charge in [0.15, 0.2) is 0 Å². The van der Waals surface area contributed by atoms with E-state index < -0.39 is 28.1 Å². The topological polar surface area (TPSA) is 83.9 Å². The first kappa shape index (κ1) is 15.4. The Morgan fingerprint density at radius 2 is 2.20 bits per heavy atom. The van der Waals surface area contributed by atoms with Gasteiger partial charge >= 0.3 is 5.97 Å². The van der Waals surface area contributed by atoms with Gasteiger partial charge in [-0.25, -0.2) is 8.42 Å². The molecule has 0 saturated carbocycles. The van der Waals surface area contributed by atoms with Crippen molar-refractivity contribution in [1.29, 1.82) is 0 Å². The van der Waals surface area contributed by atoms with Crippen LogP contribution in [-0.2, 0) is 19.6 Å². The number of hydrogen-bond donors (Lipinski definition) is 1. The van der Waals surface area contributed by atoms with Crippen LogP contribution in [0, 0.1) is 0 Å². The second-order valence-electron chi connectivity index (χ2n) is 4.48. The van der Waals surface area contributed by atoms with E-state index in [-0.39, 0.29) is 17.9 Å². The number of hydrogen-bond acceptors (Lipinski definition) is 4. The largest absolute Gasteiger partial charge is 0.480 e. The summed E-state index contributed by atoms with van der Waals surface area (Å²) in [4.78, 5) is 11.3. The number of halogens is 1. The van der Waals surface area contributed by atoms with Gasteiger partial charge < -0.3 is 9.84 Å². The summed E-state index contributed by atoms with van der Waals surface area (Å²) in [6.07, 6.45) is -0.253. The van der Waals surface area contributed by atoms with Crippen LogP contribution in [0.1, 0.15) is 6.42 Å². The molecule has 1 aliphatic rings. The molecule has 1 saturated heterocycles. The fourth-order valence-electron chi connectivity index (χ4n) is 2.19. The van der Waals surface area contributed by atoms with Crippen molar-refractivity contribution in [2.45, 2.75) is 23.5 Å². The lowest BCUT2D eigenvalue weighted by Gasteiger charge is -2.20. The lowest BCUT2D eigenvalue weighted by molar-refractivity contribution is -0.140.